The summed E-state index contributed by atoms with van der Waals surface area (Å²) in [6, 6.07) is 7.12. The number of allylic oxidation sites excluding steroid dienone is 2. The summed E-state index contributed by atoms with van der Waals surface area (Å²) in [4.78, 5) is 14.8. The van der Waals surface area contributed by atoms with Gasteiger partial charge in [0.1, 0.15) is 6.61 Å². The molecule has 0 N–H and O–H groups in total. The Morgan fingerprint density at radius 3 is 2.48 bits per heavy atom. The largest absolute Gasteiger partial charge is 0.449 e. The number of rotatable bonds is 4. The maximum atomic E-state index is 13.0. The van der Waals surface area contributed by atoms with Crippen molar-refractivity contribution in [1.82, 2.24) is 9.21 Å². The van der Waals surface area contributed by atoms with Crippen LogP contribution >= 0.6 is 0 Å². The van der Waals surface area contributed by atoms with Gasteiger partial charge in [0.15, 0.2) is 0 Å². The van der Waals surface area contributed by atoms with Gasteiger partial charge < -0.3 is 4.74 Å². The first-order chi connectivity index (χ1) is 13.9. The quantitative estimate of drug-likeness (QED) is 0.755. The van der Waals surface area contributed by atoms with Gasteiger partial charge >= 0.3 is 6.09 Å². The van der Waals surface area contributed by atoms with Crippen molar-refractivity contribution >= 4 is 16.1 Å². The number of hydrogen-bond donors (Lipinski definition) is 0. The van der Waals surface area contributed by atoms with Gasteiger partial charge in [-0.25, -0.2) is 13.2 Å². The lowest BCUT2D eigenvalue weighted by Crippen LogP contribution is -2.58. The van der Waals surface area contributed by atoms with E-state index in [0.29, 0.717) is 37.4 Å². The molecule has 6 nitrogen and oxygen atoms in total. The number of sulfonamides is 1. The van der Waals surface area contributed by atoms with E-state index in [4.69, 9.17) is 4.74 Å². The molecular formula is C22H28N2O4S. The molecular weight excluding hydrogens is 388 g/mol. The molecule has 1 aromatic carbocycles. The van der Waals surface area contributed by atoms with Gasteiger partial charge in [0, 0.05) is 25.0 Å². The molecule has 2 atom stereocenters. The van der Waals surface area contributed by atoms with Crippen LogP contribution in [0.25, 0.3) is 0 Å². The van der Waals surface area contributed by atoms with Crippen LogP contribution in [0, 0.1) is 5.92 Å². The van der Waals surface area contributed by atoms with Crippen molar-refractivity contribution in [2.24, 2.45) is 5.92 Å². The van der Waals surface area contributed by atoms with Crippen LogP contribution in [0.3, 0.4) is 0 Å². The summed E-state index contributed by atoms with van der Waals surface area (Å²) in [6.45, 7) is 5.31. The van der Waals surface area contributed by atoms with Crippen LogP contribution in [0.15, 0.2) is 53.0 Å². The van der Waals surface area contributed by atoms with Gasteiger partial charge in [-0.2, -0.15) is 4.31 Å². The number of carbonyl (C=O) groups excluding carboxylic acids is 1. The summed E-state index contributed by atoms with van der Waals surface area (Å²) in [5.41, 5.74) is 2.27. The lowest BCUT2D eigenvalue weighted by Gasteiger charge is -2.47. The Kier molecular flexibility index (Phi) is 5.53. The first kappa shape index (κ1) is 20.2. The second-order valence-electron chi connectivity index (χ2n) is 8.02. The molecule has 1 amide bonds. The van der Waals surface area contributed by atoms with E-state index >= 15 is 0 Å². The smallest absolute Gasteiger partial charge is 0.410 e. The fourth-order valence-corrected chi connectivity index (χ4v) is 6.07. The number of benzene rings is 1. The van der Waals surface area contributed by atoms with Crippen LogP contribution in [0.1, 0.15) is 32.3 Å². The Balaban J connectivity index is 1.47. The van der Waals surface area contributed by atoms with Crippen molar-refractivity contribution in [2.45, 2.75) is 50.1 Å². The molecule has 2 heterocycles. The lowest BCUT2D eigenvalue weighted by molar-refractivity contribution is 0.00287. The molecule has 4 rings (SSSR count). The van der Waals surface area contributed by atoms with Crippen LogP contribution in [-0.4, -0.2) is 55.5 Å². The number of ether oxygens (including phenoxy) is 1. The number of fused-ring (bicyclic) bond motifs is 1. The second kappa shape index (κ2) is 7.95. The van der Waals surface area contributed by atoms with Gasteiger partial charge in [-0.05, 0) is 43.9 Å². The minimum atomic E-state index is -3.51. The van der Waals surface area contributed by atoms with E-state index in [1.807, 2.05) is 43.0 Å². The summed E-state index contributed by atoms with van der Waals surface area (Å²) in [5.74, 6) is 0.163. The van der Waals surface area contributed by atoms with E-state index in [-0.39, 0.29) is 24.1 Å². The van der Waals surface area contributed by atoms with Gasteiger partial charge in [0.05, 0.1) is 10.9 Å². The fourth-order valence-electron chi connectivity index (χ4n) is 4.60. The average Bonchev–Trinajstić information content (AvgIpc) is 2.74. The topological polar surface area (TPSA) is 66.9 Å². The Morgan fingerprint density at radius 1 is 1.14 bits per heavy atom. The number of piperidine rings is 1. The van der Waals surface area contributed by atoms with E-state index in [2.05, 4.69) is 6.08 Å². The Morgan fingerprint density at radius 2 is 1.83 bits per heavy atom. The van der Waals surface area contributed by atoms with Crippen molar-refractivity contribution in [3.8, 4) is 0 Å². The van der Waals surface area contributed by atoms with Crippen LogP contribution in [0.4, 0.5) is 4.79 Å². The lowest BCUT2D eigenvalue weighted by atomic mass is 9.86. The molecule has 1 aliphatic carbocycles. The van der Waals surface area contributed by atoms with Crippen LogP contribution in [0.5, 0.6) is 0 Å². The Labute approximate surface area is 172 Å². The molecule has 0 radical (unpaired) electrons. The second-order valence-corrected chi connectivity index (χ2v) is 9.96. The predicted molar refractivity (Wildman–Crippen MR) is 111 cm³/mol. The molecule has 7 heteroatoms. The van der Waals surface area contributed by atoms with Crippen LogP contribution in [0.2, 0.25) is 0 Å². The maximum absolute atomic E-state index is 13.0. The van der Waals surface area contributed by atoms with E-state index < -0.39 is 10.0 Å². The third-order valence-electron chi connectivity index (χ3n) is 6.29. The summed E-state index contributed by atoms with van der Waals surface area (Å²) in [6.07, 6.45) is 7.98. The molecule has 0 bridgehead atoms. The van der Waals surface area contributed by atoms with E-state index in [0.717, 1.165) is 17.6 Å². The van der Waals surface area contributed by atoms with Crippen LogP contribution < -0.4 is 0 Å². The van der Waals surface area contributed by atoms with E-state index in [9.17, 15) is 13.2 Å². The van der Waals surface area contributed by atoms with Gasteiger partial charge in [0.25, 0.3) is 0 Å². The maximum Gasteiger partial charge on any atom is 0.410 e. The first-order valence-corrected chi connectivity index (χ1v) is 11.7. The van der Waals surface area contributed by atoms with Crippen LogP contribution in [-0.2, 0) is 21.2 Å². The molecule has 29 heavy (non-hydrogen) atoms. The Hall–Kier alpha value is -2.12. The Bertz CT molecular complexity index is 928. The highest BCUT2D eigenvalue weighted by Gasteiger charge is 2.43. The third-order valence-corrected chi connectivity index (χ3v) is 8.20. The highest BCUT2D eigenvalue weighted by molar-refractivity contribution is 7.89. The average molecular weight is 417 g/mol. The number of hydrogen-bond acceptors (Lipinski definition) is 4. The molecule has 0 saturated carbocycles. The van der Waals surface area contributed by atoms with E-state index in [1.165, 1.54) is 0 Å². The fraction of sp³-hybridized carbons (Fsp3) is 0.500. The van der Waals surface area contributed by atoms with Crippen molar-refractivity contribution in [3.63, 3.8) is 0 Å². The van der Waals surface area contributed by atoms with Gasteiger partial charge in [-0.15, -0.1) is 0 Å². The molecule has 3 aliphatic rings. The number of nitrogens with zero attached hydrogens (tertiary/aromatic N) is 2. The number of carbonyl (C=O) groups is 1. The summed E-state index contributed by atoms with van der Waals surface area (Å²) >= 11 is 0. The standard InChI is InChI=1S/C22H28N2O4S/c1-3-17-7-9-20(10-8-17)29(26,27)23-13-11-19(12-14-23)24-21-16(2)5-4-6-18(21)15-28-22(24)25/h4-10,18-19,21H,3,11-15H2,1-2H3. The zero-order chi connectivity index (χ0) is 20.6. The van der Waals surface area contributed by atoms with Crippen molar-refractivity contribution in [1.29, 1.82) is 0 Å². The van der Waals surface area contributed by atoms with E-state index in [1.54, 1.807) is 16.4 Å². The molecule has 1 aromatic rings. The highest BCUT2D eigenvalue weighted by atomic mass is 32.2. The minimum absolute atomic E-state index is 0.0102. The zero-order valence-corrected chi connectivity index (χ0v) is 17.8. The molecule has 2 fully saturated rings. The molecule has 0 aromatic heterocycles. The SMILES string of the molecule is CCc1ccc(S(=O)(=O)N2CCC(N3C(=O)OCC4C=CC=C(C)C43)CC2)cc1. The van der Waals surface area contributed by atoms with Crippen molar-refractivity contribution < 1.29 is 17.9 Å². The number of cyclic esters (lactones) is 1. The summed E-state index contributed by atoms with van der Waals surface area (Å²) in [5, 5.41) is 0. The zero-order valence-electron chi connectivity index (χ0n) is 17.0. The van der Waals surface area contributed by atoms with Crippen molar-refractivity contribution in [2.75, 3.05) is 19.7 Å². The third kappa shape index (κ3) is 3.73. The van der Waals surface area contributed by atoms with Gasteiger partial charge in [0.2, 0.25) is 10.0 Å². The minimum Gasteiger partial charge on any atom is -0.449 e. The normalized spacial score (nSPS) is 26.1. The summed E-state index contributed by atoms with van der Waals surface area (Å²) < 4.78 is 33.0. The molecule has 2 aliphatic heterocycles. The number of amides is 1. The molecule has 2 saturated heterocycles. The first-order valence-electron chi connectivity index (χ1n) is 10.3. The summed E-state index contributed by atoms with van der Waals surface area (Å²) in [7, 11) is -3.51. The van der Waals surface area contributed by atoms with Gasteiger partial charge in [-0.1, -0.05) is 42.9 Å². The van der Waals surface area contributed by atoms with Gasteiger partial charge in [-0.3, -0.25) is 4.90 Å². The molecule has 2 unspecified atom stereocenters. The number of aryl methyl sites for hydroxylation is 1. The molecule has 0 spiro atoms. The highest BCUT2D eigenvalue weighted by Crippen LogP contribution is 2.34. The monoisotopic (exact) mass is 416 g/mol. The molecule has 156 valence electrons. The predicted octanol–water partition coefficient (Wildman–Crippen LogP) is 3.36. The van der Waals surface area contributed by atoms with Crippen molar-refractivity contribution in [3.05, 3.63) is 53.6 Å².